The molecule has 1 fully saturated rings. The van der Waals surface area contributed by atoms with E-state index >= 15 is 0 Å². The number of aromatic nitrogens is 1. The van der Waals surface area contributed by atoms with Crippen molar-refractivity contribution in [3.8, 4) is 0 Å². The second kappa shape index (κ2) is 5.44. The standard InChI is InChI=1S/C11H16N2O3S/c1-2-17-8-4-3-7(5-8)12-11-13-9(6-16-11)10(14)15/h6-8H,2-5H2,1H3,(H,12,13)(H,14,15). The minimum absolute atomic E-state index is 0.0509. The summed E-state index contributed by atoms with van der Waals surface area (Å²) in [6.45, 7) is 2.17. The first-order chi connectivity index (χ1) is 8.19. The van der Waals surface area contributed by atoms with E-state index in [1.54, 1.807) is 0 Å². The highest BCUT2D eigenvalue weighted by Crippen LogP contribution is 2.31. The number of hydrogen-bond acceptors (Lipinski definition) is 5. The van der Waals surface area contributed by atoms with Gasteiger partial charge in [-0.2, -0.15) is 16.7 Å². The third-order valence-electron chi connectivity index (χ3n) is 2.84. The van der Waals surface area contributed by atoms with Crippen LogP contribution in [0.2, 0.25) is 0 Å². The van der Waals surface area contributed by atoms with E-state index < -0.39 is 5.97 Å². The number of aromatic carboxylic acids is 1. The van der Waals surface area contributed by atoms with Crippen molar-refractivity contribution in [2.75, 3.05) is 11.1 Å². The summed E-state index contributed by atoms with van der Waals surface area (Å²) in [5, 5.41) is 12.6. The molecule has 2 rings (SSSR count). The summed E-state index contributed by atoms with van der Waals surface area (Å²) < 4.78 is 5.07. The third kappa shape index (κ3) is 3.15. The van der Waals surface area contributed by atoms with Crippen molar-refractivity contribution in [2.24, 2.45) is 0 Å². The van der Waals surface area contributed by atoms with Gasteiger partial charge in [0.1, 0.15) is 6.26 Å². The van der Waals surface area contributed by atoms with Gasteiger partial charge < -0.3 is 14.8 Å². The minimum atomic E-state index is -1.06. The minimum Gasteiger partial charge on any atom is -0.476 e. The number of carboxylic acid groups (broad SMARTS) is 1. The van der Waals surface area contributed by atoms with Crippen LogP contribution in [0, 0.1) is 0 Å². The van der Waals surface area contributed by atoms with Gasteiger partial charge in [0, 0.05) is 11.3 Å². The molecule has 1 aromatic rings. The van der Waals surface area contributed by atoms with Crippen molar-refractivity contribution in [1.82, 2.24) is 4.98 Å². The van der Waals surface area contributed by atoms with Gasteiger partial charge in [0.05, 0.1) is 0 Å². The Kier molecular flexibility index (Phi) is 3.93. The number of carboxylic acids is 1. The molecule has 2 unspecified atom stereocenters. The van der Waals surface area contributed by atoms with E-state index in [9.17, 15) is 4.79 Å². The van der Waals surface area contributed by atoms with Crippen LogP contribution in [0.1, 0.15) is 36.7 Å². The predicted octanol–water partition coefficient (Wildman–Crippen LogP) is 2.46. The molecule has 1 aliphatic rings. The van der Waals surface area contributed by atoms with E-state index in [1.165, 1.54) is 6.42 Å². The quantitative estimate of drug-likeness (QED) is 0.842. The van der Waals surface area contributed by atoms with E-state index in [0.29, 0.717) is 17.3 Å². The summed E-state index contributed by atoms with van der Waals surface area (Å²) in [6, 6.07) is 0.661. The Labute approximate surface area is 104 Å². The first-order valence-electron chi connectivity index (χ1n) is 5.76. The van der Waals surface area contributed by atoms with Crippen LogP contribution in [0.5, 0.6) is 0 Å². The lowest BCUT2D eigenvalue weighted by Gasteiger charge is -2.10. The summed E-state index contributed by atoms with van der Waals surface area (Å²) in [6.07, 6.45) is 4.53. The van der Waals surface area contributed by atoms with Crippen LogP contribution in [0.3, 0.4) is 0 Å². The maximum Gasteiger partial charge on any atom is 0.357 e. The third-order valence-corrected chi connectivity index (χ3v) is 4.07. The molecular weight excluding hydrogens is 240 g/mol. The summed E-state index contributed by atoms with van der Waals surface area (Å²) in [7, 11) is 0. The van der Waals surface area contributed by atoms with Crippen molar-refractivity contribution < 1.29 is 14.3 Å². The summed E-state index contributed by atoms with van der Waals surface area (Å²) in [5.74, 6) is 0.0761. The zero-order valence-electron chi connectivity index (χ0n) is 9.68. The molecule has 0 saturated heterocycles. The molecule has 2 N–H and O–H groups in total. The Morgan fingerprint density at radius 2 is 2.53 bits per heavy atom. The van der Waals surface area contributed by atoms with Crippen LogP contribution in [0.25, 0.3) is 0 Å². The van der Waals surface area contributed by atoms with Crippen LogP contribution in [-0.4, -0.2) is 33.1 Å². The Hall–Kier alpha value is -1.17. The lowest BCUT2D eigenvalue weighted by Crippen LogP contribution is -2.16. The molecular formula is C11H16N2O3S. The average Bonchev–Trinajstić information content (AvgIpc) is 2.89. The molecule has 2 atom stereocenters. The second-order valence-electron chi connectivity index (χ2n) is 4.07. The number of nitrogens with zero attached hydrogens (tertiary/aromatic N) is 1. The van der Waals surface area contributed by atoms with Crippen LogP contribution < -0.4 is 5.32 Å². The summed E-state index contributed by atoms with van der Waals surface area (Å²) in [4.78, 5) is 14.5. The molecule has 1 saturated carbocycles. The lowest BCUT2D eigenvalue weighted by atomic mass is 10.3. The van der Waals surface area contributed by atoms with E-state index in [4.69, 9.17) is 9.52 Å². The number of rotatable bonds is 5. The van der Waals surface area contributed by atoms with Gasteiger partial charge in [0.15, 0.2) is 5.69 Å². The fourth-order valence-corrected chi connectivity index (χ4v) is 3.21. The van der Waals surface area contributed by atoms with Crippen molar-refractivity contribution >= 4 is 23.7 Å². The van der Waals surface area contributed by atoms with Crippen LogP contribution >= 0.6 is 11.8 Å². The molecule has 0 radical (unpaired) electrons. The molecule has 0 spiro atoms. The van der Waals surface area contributed by atoms with E-state index in [1.807, 2.05) is 11.8 Å². The number of hydrogen-bond donors (Lipinski definition) is 2. The molecule has 0 aromatic carbocycles. The average molecular weight is 256 g/mol. The number of thioether (sulfide) groups is 1. The number of oxazole rings is 1. The zero-order valence-corrected chi connectivity index (χ0v) is 10.5. The highest BCUT2D eigenvalue weighted by Gasteiger charge is 2.25. The topological polar surface area (TPSA) is 75.4 Å². The molecule has 0 aliphatic heterocycles. The van der Waals surface area contributed by atoms with E-state index in [-0.39, 0.29) is 5.69 Å². The highest BCUT2D eigenvalue weighted by atomic mass is 32.2. The Balaban J connectivity index is 1.87. The first kappa shape index (κ1) is 12.3. The van der Waals surface area contributed by atoms with Crippen molar-refractivity contribution in [2.45, 2.75) is 37.5 Å². The molecule has 6 heteroatoms. The summed E-state index contributed by atoms with van der Waals surface area (Å²) in [5.41, 5.74) is -0.0509. The molecule has 1 heterocycles. The van der Waals surface area contributed by atoms with E-state index in [2.05, 4.69) is 17.2 Å². The van der Waals surface area contributed by atoms with Gasteiger partial charge >= 0.3 is 5.97 Å². The highest BCUT2D eigenvalue weighted by molar-refractivity contribution is 7.99. The fourth-order valence-electron chi connectivity index (χ4n) is 2.07. The summed E-state index contributed by atoms with van der Waals surface area (Å²) >= 11 is 1.98. The maximum atomic E-state index is 10.6. The Morgan fingerprint density at radius 3 is 3.18 bits per heavy atom. The second-order valence-corrected chi connectivity index (χ2v) is 5.65. The fraction of sp³-hybridized carbons (Fsp3) is 0.636. The van der Waals surface area contributed by atoms with Crippen molar-refractivity contribution in [1.29, 1.82) is 0 Å². The zero-order chi connectivity index (χ0) is 12.3. The normalized spacial score (nSPS) is 23.8. The molecule has 0 amide bonds. The molecule has 5 nitrogen and oxygen atoms in total. The molecule has 94 valence electrons. The van der Waals surface area contributed by atoms with Gasteiger partial charge in [0.2, 0.25) is 0 Å². The van der Waals surface area contributed by atoms with Gasteiger partial charge in [-0.25, -0.2) is 4.79 Å². The van der Waals surface area contributed by atoms with Gasteiger partial charge in [-0.1, -0.05) is 6.92 Å². The van der Waals surface area contributed by atoms with Gasteiger partial charge in [-0.05, 0) is 25.0 Å². The smallest absolute Gasteiger partial charge is 0.357 e. The molecule has 17 heavy (non-hydrogen) atoms. The van der Waals surface area contributed by atoms with E-state index in [0.717, 1.165) is 24.9 Å². The number of anilines is 1. The molecule has 1 aliphatic carbocycles. The predicted molar refractivity (Wildman–Crippen MR) is 66.6 cm³/mol. The van der Waals surface area contributed by atoms with Crippen LogP contribution in [0.15, 0.2) is 10.7 Å². The van der Waals surface area contributed by atoms with Crippen LogP contribution in [-0.2, 0) is 0 Å². The van der Waals surface area contributed by atoms with Crippen molar-refractivity contribution in [3.05, 3.63) is 12.0 Å². The van der Waals surface area contributed by atoms with Gasteiger partial charge in [-0.3, -0.25) is 0 Å². The van der Waals surface area contributed by atoms with Crippen molar-refractivity contribution in [3.63, 3.8) is 0 Å². The van der Waals surface area contributed by atoms with Crippen LogP contribution in [0.4, 0.5) is 6.01 Å². The van der Waals surface area contributed by atoms with Gasteiger partial charge in [-0.15, -0.1) is 0 Å². The first-order valence-corrected chi connectivity index (χ1v) is 6.81. The van der Waals surface area contributed by atoms with Gasteiger partial charge in [0.25, 0.3) is 6.01 Å². The molecule has 0 bridgehead atoms. The number of carbonyl (C=O) groups is 1. The molecule has 1 aromatic heterocycles. The SMILES string of the molecule is CCSC1CCC(Nc2nc(C(=O)O)co2)C1. The maximum absolute atomic E-state index is 10.6. The lowest BCUT2D eigenvalue weighted by molar-refractivity contribution is 0.0690. The largest absolute Gasteiger partial charge is 0.476 e. The Morgan fingerprint density at radius 1 is 1.71 bits per heavy atom. The number of nitrogens with one attached hydrogen (secondary N) is 1. The monoisotopic (exact) mass is 256 g/mol. The Bertz CT molecular complexity index is 394.